The van der Waals surface area contributed by atoms with Gasteiger partial charge in [-0.25, -0.2) is 4.98 Å². The first-order valence-electron chi connectivity index (χ1n) is 7.33. The molecule has 0 radical (unpaired) electrons. The van der Waals surface area contributed by atoms with Crippen LogP contribution in [0.1, 0.15) is 5.56 Å². The van der Waals surface area contributed by atoms with Crippen LogP contribution >= 0.6 is 11.3 Å². The SMILES string of the molecule is COc1cccc(C=NNc2nc(-c3ccccc3)cs2)c1OC. The zero-order valence-electron chi connectivity index (χ0n) is 13.4. The van der Waals surface area contributed by atoms with Crippen molar-refractivity contribution in [3.8, 4) is 22.8 Å². The zero-order valence-corrected chi connectivity index (χ0v) is 14.2. The number of hydrazone groups is 1. The summed E-state index contributed by atoms with van der Waals surface area (Å²) in [5.74, 6) is 1.32. The Hall–Kier alpha value is -2.86. The topological polar surface area (TPSA) is 55.7 Å². The van der Waals surface area contributed by atoms with Crippen molar-refractivity contribution in [2.24, 2.45) is 5.10 Å². The fourth-order valence-corrected chi connectivity index (χ4v) is 2.91. The van der Waals surface area contributed by atoms with Gasteiger partial charge in [0, 0.05) is 16.5 Å². The third kappa shape index (κ3) is 3.55. The van der Waals surface area contributed by atoms with Gasteiger partial charge in [0.15, 0.2) is 11.5 Å². The fourth-order valence-electron chi connectivity index (χ4n) is 2.24. The molecule has 5 nitrogen and oxygen atoms in total. The molecule has 0 saturated heterocycles. The van der Waals surface area contributed by atoms with Crippen LogP contribution in [0, 0.1) is 0 Å². The number of rotatable bonds is 6. The number of anilines is 1. The summed E-state index contributed by atoms with van der Waals surface area (Å²) in [5, 5.41) is 6.97. The van der Waals surface area contributed by atoms with E-state index in [1.165, 1.54) is 11.3 Å². The number of benzene rings is 2. The molecular weight excluding hydrogens is 322 g/mol. The van der Waals surface area contributed by atoms with Crippen LogP contribution in [0.5, 0.6) is 11.5 Å². The number of nitrogens with one attached hydrogen (secondary N) is 1. The summed E-state index contributed by atoms with van der Waals surface area (Å²) in [7, 11) is 3.22. The lowest BCUT2D eigenvalue weighted by Crippen LogP contribution is -1.96. The first kappa shape index (κ1) is 16.0. The van der Waals surface area contributed by atoms with Gasteiger partial charge in [-0.15, -0.1) is 11.3 Å². The van der Waals surface area contributed by atoms with Gasteiger partial charge in [-0.05, 0) is 12.1 Å². The second-order valence-electron chi connectivity index (χ2n) is 4.86. The van der Waals surface area contributed by atoms with Crippen molar-refractivity contribution in [1.82, 2.24) is 4.98 Å². The van der Waals surface area contributed by atoms with Crippen LogP contribution in [-0.2, 0) is 0 Å². The van der Waals surface area contributed by atoms with Crippen molar-refractivity contribution in [3.05, 3.63) is 59.5 Å². The molecule has 0 aliphatic rings. The number of ether oxygens (including phenoxy) is 2. The monoisotopic (exact) mass is 339 g/mol. The number of hydrogen-bond acceptors (Lipinski definition) is 6. The molecule has 0 atom stereocenters. The third-order valence-electron chi connectivity index (χ3n) is 3.37. The molecule has 1 heterocycles. The highest BCUT2D eigenvalue weighted by atomic mass is 32.1. The summed E-state index contributed by atoms with van der Waals surface area (Å²) in [6.07, 6.45) is 1.69. The summed E-state index contributed by atoms with van der Waals surface area (Å²) >= 11 is 1.51. The van der Waals surface area contributed by atoms with Gasteiger partial charge >= 0.3 is 0 Å². The van der Waals surface area contributed by atoms with E-state index in [0.29, 0.717) is 11.5 Å². The van der Waals surface area contributed by atoms with E-state index in [4.69, 9.17) is 9.47 Å². The summed E-state index contributed by atoms with van der Waals surface area (Å²) in [5.41, 5.74) is 5.79. The van der Waals surface area contributed by atoms with Gasteiger partial charge in [0.2, 0.25) is 5.13 Å². The fraction of sp³-hybridized carbons (Fsp3) is 0.111. The number of hydrogen-bond donors (Lipinski definition) is 1. The lowest BCUT2D eigenvalue weighted by molar-refractivity contribution is 0.354. The zero-order chi connectivity index (χ0) is 16.8. The molecule has 1 N–H and O–H groups in total. The maximum absolute atomic E-state index is 5.38. The Kier molecular flexibility index (Phi) is 5.08. The van der Waals surface area contributed by atoms with Gasteiger partial charge in [-0.2, -0.15) is 5.10 Å². The summed E-state index contributed by atoms with van der Waals surface area (Å²) in [4.78, 5) is 4.53. The van der Waals surface area contributed by atoms with E-state index in [2.05, 4.69) is 15.5 Å². The molecule has 0 amide bonds. The van der Waals surface area contributed by atoms with Crippen LogP contribution in [0.3, 0.4) is 0 Å². The van der Waals surface area contributed by atoms with Crippen LogP contribution in [0.25, 0.3) is 11.3 Å². The molecular formula is C18H17N3O2S. The van der Waals surface area contributed by atoms with Crippen LogP contribution in [0.4, 0.5) is 5.13 Å². The molecule has 6 heteroatoms. The van der Waals surface area contributed by atoms with E-state index in [-0.39, 0.29) is 0 Å². The van der Waals surface area contributed by atoms with Crippen molar-refractivity contribution in [2.75, 3.05) is 19.6 Å². The highest BCUT2D eigenvalue weighted by Crippen LogP contribution is 2.29. The smallest absolute Gasteiger partial charge is 0.203 e. The minimum atomic E-state index is 0.648. The molecule has 0 aliphatic heterocycles. The second kappa shape index (κ2) is 7.61. The van der Waals surface area contributed by atoms with Crippen LogP contribution in [-0.4, -0.2) is 25.4 Å². The van der Waals surface area contributed by atoms with Gasteiger partial charge in [-0.1, -0.05) is 36.4 Å². The standard InChI is InChI=1S/C18H17N3O2S/c1-22-16-10-6-9-14(17(16)23-2)11-19-21-18-20-15(12-24-18)13-7-4-3-5-8-13/h3-12H,1-2H3,(H,20,21). The van der Waals surface area contributed by atoms with E-state index in [1.54, 1.807) is 20.4 Å². The molecule has 24 heavy (non-hydrogen) atoms. The van der Waals surface area contributed by atoms with Gasteiger partial charge in [-0.3, -0.25) is 5.43 Å². The number of thiazole rings is 1. The summed E-state index contributed by atoms with van der Waals surface area (Å²) in [6.45, 7) is 0. The quantitative estimate of drug-likeness (QED) is 0.538. The molecule has 0 spiro atoms. The Balaban J connectivity index is 1.73. The Morgan fingerprint density at radius 3 is 2.62 bits per heavy atom. The molecule has 1 aromatic heterocycles. The molecule has 0 fully saturated rings. The Bertz CT molecular complexity index is 831. The van der Waals surface area contributed by atoms with E-state index in [0.717, 1.165) is 22.0 Å². The highest BCUT2D eigenvalue weighted by Gasteiger charge is 2.07. The molecule has 3 aromatic rings. The average Bonchev–Trinajstić information content (AvgIpc) is 3.11. The maximum atomic E-state index is 5.38. The first-order valence-corrected chi connectivity index (χ1v) is 8.21. The Morgan fingerprint density at radius 2 is 1.88 bits per heavy atom. The molecule has 0 aliphatic carbocycles. The molecule has 3 rings (SSSR count). The van der Waals surface area contributed by atoms with Crippen LogP contribution < -0.4 is 14.9 Å². The minimum Gasteiger partial charge on any atom is -0.493 e. The number of para-hydroxylation sites is 1. The average molecular weight is 339 g/mol. The minimum absolute atomic E-state index is 0.648. The van der Waals surface area contributed by atoms with Crippen molar-refractivity contribution in [3.63, 3.8) is 0 Å². The van der Waals surface area contributed by atoms with Gasteiger partial charge in [0.25, 0.3) is 0 Å². The third-order valence-corrected chi connectivity index (χ3v) is 4.12. The predicted molar refractivity (Wildman–Crippen MR) is 98.3 cm³/mol. The van der Waals surface area contributed by atoms with Crippen LogP contribution in [0.15, 0.2) is 59.0 Å². The van der Waals surface area contributed by atoms with E-state index in [9.17, 15) is 0 Å². The van der Waals surface area contributed by atoms with Gasteiger partial charge < -0.3 is 9.47 Å². The van der Waals surface area contributed by atoms with Gasteiger partial charge in [0.1, 0.15) is 0 Å². The number of aromatic nitrogens is 1. The van der Waals surface area contributed by atoms with Gasteiger partial charge in [0.05, 0.1) is 26.1 Å². The molecule has 122 valence electrons. The van der Waals surface area contributed by atoms with Crippen molar-refractivity contribution < 1.29 is 9.47 Å². The van der Waals surface area contributed by atoms with Crippen molar-refractivity contribution >= 4 is 22.7 Å². The van der Waals surface area contributed by atoms with E-state index >= 15 is 0 Å². The lowest BCUT2D eigenvalue weighted by Gasteiger charge is -2.09. The molecule has 0 saturated carbocycles. The normalized spacial score (nSPS) is 10.8. The largest absolute Gasteiger partial charge is 0.493 e. The molecule has 2 aromatic carbocycles. The second-order valence-corrected chi connectivity index (χ2v) is 5.71. The van der Waals surface area contributed by atoms with E-state index < -0.39 is 0 Å². The maximum Gasteiger partial charge on any atom is 0.203 e. The summed E-state index contributed by atoms with van der Waals surface area (Å²) < 4.78 is 10.7. The van der Waals surface area contributed by atoms with Crippen LogP contribution in [0.2, 0.25) is 0 Å². The molecule has 0 bridgehead atoms. The van der Waals surface area contributed by atoms with Crippen molar-refractivity contribution in [2.45, 2.75) is 0 Å². The lowest BCUT2D eigenvalue weighted by atomic mass is 10.2. The van der Waals surface area contributed by atoms with Crippen molar-refractivity contribution in [1.29, 1.82) is 0 Å². The number of nitrogens with zero attached hydrogens (tertiary/aromatic N) is 2. The first-order chi connectivity index (χ1) is 11.8. The summed E-state index contributed by atoms with van der Waals surface area (Å²) in [6, 6.07) is 15.7. The highest BCUT2D eigenvalue weighted by molar-refractivity contribution is 7.14. The number of methoxy groups -OCH3 is 2. The predicted octanol–water partition coefficient (Wildman–Crippen LogP) is 4.27. The molecule has 0 unspecified atom stereocenters. The Labute approximate surface area is 144 Å². The Morgan fingerprint density at radius 1 is 1.04 bits per heavy atom. The van der Waals surface area contributed by atoms with E-state index in [1.807, 2.05) is 53.9 Å².